The second-order valence-corrected chi connectivity index (χ2v) is 10.3. The average Bonchev–Trinajstić information content (AvgIpc) is 2.86. The summed E-state index contributed by atoms with van der Waals surface area (Å²) in [4.78, 5) is 28.7. The van der Waals surface area contributed by atoms with Crippen molar-refractivity contribution >= 4 is 50.9 Å². The summed E-state index contributed by atoms with van der Waals surface area (Å²) in [6.07, 6.45) is 1.14. The van der Waals surface area contributed by atoms with Gasteiger partial charge in [-0.2, -0.15) is 0 Å². The minimum atomic E-state index is -0.739. The molecular weight excluding hydrogens is 563 g/mol. The van der Waals surface area contributed by atoms with Gasteiger partial charge in [0.1, 0.15) is 11.8 Å². The fourth-order valence-electron chi connectivity index (χ4n) is 3.64. The van der Waals surface area contributed by atoms with Crippen LogP contribution in [-0.2, 0) is 22.6 Å². The molecule has 190 valence electrons. The van der Waals surface area contributed by atoms with Gasteiger partial charge >= 0.3 is 0 Å². The molecule has 8 heteroatoms. The molecule has 2 unspecified atom stereocenters. The van der Waals surface area contributed by atoms with Crippen molar-refractivity contribution in [3.8, 4) is 5.75 Å². The van der Waals surface area contributed by atoms with Crippen LogP contribution in [0.4, 0.5) is 0 Å². The molecule has 3 aromatic rings. The Morgan fingerprint density at radius 1 is 1.00 bits per heavy atom. The lowest BCUT2D eigenvalue weighted by atomic mass is 10.0. The van der Waals surface area contributed by atoms with E-state index in [4.69, 9.17) is 27.9 Å². The van der Waals surface area contributed by atoms with Crippen LogP contribution in [0.1, 0.15) is 31.4 Å². The highest BCUT2D eigenvalue weighted by Crippen LogP contribution is 2.28. The summed E-state index contributed by atoms with van der Waals surface area (Å²) in [6, 6.07) is 21.4. The molecule has 5 nitrogen and oxygen atoms in total. The van der Waals surface area contributed by atoms with Gasteiger partial charge in [-0.05, 0) is 54.8 Å². The van der Waals surface area contributed by atoms with Crippen LogP contribution in [0.25, 0.3) is 0 Å². The molecule has 0 aliphatic rings. The first-order valence-electron chi connectivity index (χ1n) is 11.7. The molecule has 0 aliphatic carbocycles. The molecule has 0 bridgehead atoms. The molecule has 1 N–H and O–H groups in total. The summed E-state index contributed by atoms with van der Waals surface area (Å²) in [6.45, 7) is 3.91. The van der Waals surface area contributed by atoms with Crippen LogP contribution in [0.15, 0.2) is 77.3 Å². The molecule has 3 rings (SSSR count). The lowest BCUT2D eigenvalue weighted by molar-refractivity contribution is -0.143. The van der Waals surface area contributed by atoms with E-state index in [0.717, 1.165) is 22.0 Å². The Kier molecular flexibility index (Phi) is 10.7. The lowest BCUT2D eigenvalue weighted by Crippen LogP contribution is -2.53. The fourth-order valence-corrected chi connectivity index (χ4v) is 4.55. The third-order valence-corrected chi connectivity index (χ3v) is 6.78. The number of hydrogen-bond acceptors (Lipinski definition) is 3. The van der Waals surface area contributed by atoms with Crippen LogP contribution in [0.2, 0.25) is 10.0 Å². The highest BCUT2D eigenvalue weighted by atomic mass is 79.9. The van der Waals surface area contributed by atoms with Gasteiger partial charge in [0.05, 0.1) is 5.02 Å². The molecule has 36 heavy (non-hydrogen) atoms. The third-order valence-electron chi connectivity index (χ3n) is 5.76. The molecule has 3 aromatic carbocycles. The van der Waals surface area contributed by atoms with Crippen molar-refractivity contribution < 1.29 is 14.3 Å². The zero-order valence-corrected chi connectivity index (χ0v) is 23.3. The number of halogens is 3. The maximum absolute atomic E-state index is 13.6. The number of carbonyl (C=O) groups excluding carboxylic acids is 2. The predicted octanol–water partition coefficient (Wildman–Crippen LogP) is 6.69. The number of rotatable bonds is 11. The summed E-state index contributed by atoms with van der Waals surface area (Å²) in [5.74, 6) is -0.192. The normalized spacial score (nSPS) is 12.5. The molecule has 0 heterocycles. The van der Waals surface area contributed by atoms with Crippen molar-refractivity contribution in [2.45, 2.75) is 45.3 Å². The van der Waals surface area contributed by atoms with Gasteiger partial charge in [0.25, 0.3) is 5.91 Å². The smallest absolute Gasteiger partial charge is 0.261 e. The highest BCUT2D eigenvalue weighted by Gasteiger charge is 2.31. The summed E-state index contributed by atoms with van der Waals surface area (Å²) >= 11 is 15.7. The number of carbonyl (C=O) groups is 2. The van der Waals surface area contributed by atoms with Crippen LogP contribution in [0, 0.1) is 0 Å². The maximum Gasteiger partial charge on any atom is 0.261 e. The summed E-state index contributed by atoms with van der Waals surface area (Å²) in [5.41, 5.74) is 1.84. The summed E-state index contributed by atoms with van der Waals surface area (Å²) < 4.78 is 6.64. The summed E-state index contributed by atoms with van der Waals surface area (Å²) in [7, 11) is 0. The minimum Gasteiger partial charge on any atom is -0.482 e. The molecule has 2 atom stereocenters. The van der Waals surface area contributed by atoms with Gasteiger partial charge in [-0.25, -0.2) is 0 Å². The van der Waals surface area contributed by atoms with Crippen molar-refractivity contribution in [3.05, 3.63) is 98.4 Å². The van der Waals surface area contributed by atoms with E-state index in [9.17, 15) is 9.59 Å². The van der Waals surface area contributed by atoms with E-state index in [-0.39, 0.29) is 31.0 Å². The van der Waals surface area contributed by atoms with Crippen LogP contribution in [0.3, 0.4) is 0 Å². The number of amides is 2. The quantitative estimate of drug-likeness (QED) is 0.270. The first kappa shape index (κ1) is 28.0. The van der Waals surface area contributed by atoms with E-state index in [2.05, 4.69) is 21.2 Å². The van der Waals surface area contributed by atoms with Gasteiger partial charge < -0.3 is 15.0 Å². The van der Waals surface area contributed by atoms with Crippen molar-refractivity contribution in [3.63, 3.8) is 0 Å². The van der Waals surface area contributed by atoms with E-state index >= 15 is 0 Å². The SMILES string of the molecule is CCC(C)NC(=O)C(Cc1ccccc1)N(Cc1cccc(Br)c1)C(=O)COc1ccc(Cl)cc1Cl. The molecule has 0 saturated carbocycles. The third kappa shape index (κ3) is 8.26. The second kappa shape index (κ2) is 13.7. The van der Waals surface area contributed by atoms with Crippen molar-refractivity contribution in [2.24, 2.45) is 0 Å². The Balaban J connectivity index is 1.92. The van der Waals surface area contributed by atoms with Gasteiger partial charge in [0.2, 0.25) is 5.91 Å². The molecule has 0 spiro atoms. The molecule has 0 fully saturated rings. The molecule has 0 saturated heterocycles. The first-order chi connectivity index (χ1) is 17.3. The van der Waals surface area contributed by atoms with E-state index in [1.54, 1.807) is 23.1 Å². The minimum absolute atomic E-state index is 0.0253. The van der Waals surface area contributed by atoms with Gasteiger partial charge in [-0.1, -0.05) is 88.5 Å². The van der Waals surface area contributed by atoms with Crippen LogP contribution in [-0.4, -0.2) is 35.4 Å². The van der Waals surface area contributed by atoms with E-state index in [1.165, 1.54) is 0 Å². The molecule has 0 aliphatic heterocycles. The summed E-state index contributed by atoms with van der Waals surface area (Å²) in [5, 5.41) is 3.83. The van der Waals surface area contributed by atoms with Crippen LogP contribution < -0.4 is 10.1 Å². The highest BCUT2D eigenvalue weighted by molar-refractivity contribution is 9.10. The Bertz CT molecular complexity index is 1180. The Hall–Kier alpha value is -2.54. The molecule has 0 radical (unpaired) electrons. The number of nitrogens with one attached hydrogen (secondary N) is 1. The standard InChI is InChI=1S/C28H29BrCl2N2O3/c1-3-19(2)32-28(35)25(15-20-8-5-4-6-9-20)33(17-21-10-7-11-22(29)14-21)27(34)18-36-26-13-12-23(30)16-24(26)31/h4-14,16,19,25H,3,15,17-18H2,1-2H3,(H,32,35). The van der Waals surface area contributed by atoms with E-state index in [0.29, 0.717) is 22.2 Å². The average molecular weight is 592 g/mol. The Morgan fingerprint density at radius 3 is 2.39 bits per heavy atom. The molecule has 2 amide bonds. The second-order valence-electron chi connectivity index (χ2n) is 8.54. The van der Waals surface area contributed by atoms with Gasteiger partial charge in [-0.15, -0.1) is 0 Å². The lowest BCUT2D eigenvalue weighted by Gasteiger charge is -2.32. The topological polar surface area (TPSA) is 58.6 Å². The van der Waals surface area contributed by atoms with Crippen LogP contribution >= 0.6 is 39.1 Å². The van der Waals surface area contributed by atoms with Gasteiger partial charge in [-0.3, -0.25) is 9.59 Å². The van der Waals surface area contributed by atoms with E-state index in [1.807, 2.05) is 68.4 Å². The van der Waals surface area contributed by atoms with E-state index < -0.39 is 6.04 Å². The van der Waals surface area contributed by atoms with Gasteiger partial charge in [0, 0.05) is 28.5 Å². The zero-order valence-electron chi connectivity index (χ0n) is 20.2. The predicted molar refractivity (Wildman–Crippen MR) is 148 cm³/mol. The van der Waals surface area contributed by atoms with Crippen molar-refractivity contribution in [2.75, 3.05) is 6.61 Å². The monoisotopic (exact) mass is 590 g/mol. The number of hydrogen-bond donors (Lipinski definition) is 1. The largest absolute Gasteiger partial charge is 0.482 e. The number of benzene rings is 3. The van der Waals surface area contributed by atoms with Crippen molar-refractivity contribution in [1.29, 1.82) is 0 Å². The zero-order chi connectivity index (χ0) is 26.1. The molecule has 0 aromatic heterocycles. The molecular formula is C28H29BrCl2N2O3. The first-order valence-corrected chi connectivity index (χ1v) is 13.3. The number of ether oxygens (including phenoxy) is 1. The van der Waals surface area contributed by atoms with Crippen LogP contribution in [0.5, 0.6) is 5.75 Å². The fraction of sp³-hybridized carbons (Fsp3) is 0.286. The Morgan fingerprint density at radius 2 is 1.72 bits per heavy atom. The van der Waals surface area contributed by atoms with Gasteiger partial charge in [0.15, 0.2) is 6.61 Å². The Labute approximate surface area is 230 Å². The number of nitrogens with zero attached hydrogens (tertiary/aromatic N) is 1. The maximum atomic E-state index is 13.6. The van der Waals surface area contributed by atoms with Crippen molar-refractivity contribution in [1.82, 2.24) is 10.2 Å².